The highest BCUT2D eigenvalue weighted by molar-refractivity contribution is 6.31. The van der Waals surface area contributed by atoms with E-state index in [0.29, 0.717) is 48.0 Å². The Morgan fingerprint density at radius 1 is 0.919 bits per heavy atom. The van der Waals surface area contributed by atoms with Crippen LogP contribution in [0.1, 0.15) is 90.5 Å². The summed E-state index contributed by atoms with van der Waals surface area (Å²) in [6.45, 7) is 12.4. The second-order valence-corrected chi connectivity index (χ2v) is 17.4. The monoisotopic (exact) mass is 876 g/mol. The SMILES string of the molecule is C[C@@H](c1ccc(-n2cc3cc(-c4cc(CCC[C@H](CF)NC(=O)OCc5ccccc5)cc(Cl)c4F)[nH]c3nc2=O)cc1)N(CCCNC(=O)OC(C)(C)C)C(=O)OC(C)(C)C. The van der Waals surface area contributed by atoms with Crippen molar-refractivity contribution in [2.45, 2.75) is 104 Å². The number of aromatic amines is 1. The van der Waals surface area contributed by atoms with Gasteiger partial charge in [-0.3, -0.25) is 4.57 Å². The number of H-pyrrole nitrogens is 1. The molecule has 13 nitrogen and oxygen atoms in total. The van der Waals surface area contributed by atoms with Crippen LogP contribution in [-0.4, -0.2) is 74.7 Å². The van der Waals surface area contributed by atoms with E-state index < -0.39 is 59.7 Å². The maximum atomic E-state index is 15.5. The number of nitrogens with zero attached hydrogens (tertiary/aromatic N) is 3. The van der Waals surface area contributed by atoms with Gasteiger partial charge >= 0.3 is 24.0 Å². The Morgan fingerprint density at radius 2 is 1.61 bits per heavy atom. The molecule has 0 fully saturated rings. The Bertz CT molecular complexity index is 2380. The van der Waals surface area contributed by atoms with Crippen LogP contribution in [0.15, 0.2) is 83.8 Å². The molecule has 5 rings (SSSR count). The van der Waals surface area contributed by atoms with E-state index in [1.807, 2.05) is 49.4 Å². The van der Waals surface area contributed by atoms with Gasteiger partial charge in [-0.1, -0.05) is 54.1 Å². The number of aryl methyl sites for hydroxylation is 1. The molecule has 3 aromatic carbocycles. The minimum atomic E-state index is -0.784. The number of halogens is 3. The lowest BCUT2D eigenvalue weighted by Crippen LogP contribution is -2.40. The van der Waals surface area contributed by atoms with Gasteiger partial charge in [-0.25, -0.2) is 28.0 Å². The van der Waals surface area contributed by atoms with Crippen molar-refractivity contribution in [3.63, 3.8) is 0 Å². The molecule has 3 amide bonds. The lowest BCUT2D eigenvalue weighted by Gasteiger charge is -2.32. The summed E-state index contributed by atoms with van der Waals surface area (Å²) in [6, 6.07) is 19.9. The van der Waals surface area contributed by atoms with E-state index in [0.717, 1.165) is 11.1 Å². The van der Waals surface area contributed by atoms with E-state index in [-0.39, 0.29) is 35.9 Å². The molecular weight excluding hydrogens is 822 g/mol. The van der Waals surface area contributed by atoms with Crippen LogP contribution in [0.5, 0.6) is 0 Å². The molecular formula is C46H55ClF2N6O7. The molecule has 332 valence electrons. The van der Waals surface area contributed by atoms with Crippen LogP contribution in [-0.2, 0) is 27.2 Å². The summed E-state index contributed by atoms with van der Waals surface area (Å²) in [7, 11) is 0. The maximum Gasteiger partial charge on any atom is 0.410 e. The van der Waals surface area contributed by atoms with Gasteiger partial charge in [0.2, 0.25) is 0 Å². The number of hydrogen-bond acceptors (Lipinski definition) is 8. The number of carbonyl (C=O) groups is 3. The standard InChI is InChI=1S/C46H55ClF2N6O7/c1-29(54(44(59)62-46(5,6)7)22-12-21-50-42(57)61-45(2,3)4)32-17-19-35(20-18-32)55-27-33-25-38(52-40(33)53-41(55)56)36-23-31(24-37(47)39(36)49)15-11-16-34(26-48)51-43(58)60-28-30-13-9-8-10-14-30/h8-10,13-14,17-20,23-25,27,29,34H,11-12,15-16,21-22,26,28H2,1-7H3,(H,50,57)(H,51,58)(H,52,53,56)/t29-,34+/m0/s1. The van der Waals surface area contributed by atoms with Gasteiger partial charge in [-0.15, -0.1) is 0 Å². The summed E-state index contributed by atoms with van der Waals surface area (Å²) in [5, 5.41) is 5.70. The Hall–Kier alpha value is -5.96. The fourth-order valence-electron chi connectivity index (χ4n) is 6.59. The highest BCUT2D eigenvalue weighted by atomic mass is 35.5. The van der Waals surface area contributed by atoms with Crippen LogP contribution in [0.2, 0.25) is 5.02 Å². The number of benzene rings is 3. The topological polar surface area (TPSA) is 157 Å². The minimum Gasteiger partial charge on any atom is -0.445 e. The Morgan fingerprint density at radius 3 is 2.27 bits per heavy atom. The first-order chi connectivity index (χ1) is 29.3. The van der Waals surface area contributed by atoms with E-state index in [4.69, 9.17) is 25.8 Å². The maximum absolute atomic E-state index is 15.5. The third-order valence-electron chi connectivity index (χ3n) is 9.62. The average molecular weight is 877 g/mol. The van der Waals surface area contributed by atoms with Crippen LogP contribution in [0.3, 0.4) is 0 Å². The minimum absolute atomic E-state index is 0.0628. The quantitative estimate of drug-likeness (QED) is 0.0653. The van der Waals surface area contributed by atoms with Crippen molar-refractivity contribution >= 4 is 40.9 Å². The lowest BCUT2D eigenvalue weighted by molar-refractivity contribution is 0.0171. The number of ether oxygens (including phenoxy) is 3. The third-order valence-corrected chi connectivity index (χ3v) is 9.89. The molecule has 0 bridgehead atoms. The van der Waals surface area contributed by atoms with Crippen molar-refractivity contribution < 1.29 is 37.4 Å². The van der Waals surface area contributed by atoms with Gasteiger partial charge in [-0.2, -0.15) is 4.98 Å². The van der Waals surface area contributed by atoms with Crippen molar-refractivity contribution in [3.8, 4) is 16.9 Å². The molecule has 0 radical (unpaired) electrons. The lowest BCUT2D eigenvalue weighted by atomic mass is 10.0. The molecule has 2 atom stereocenters. The van der Waals surface area contributed by atoms with Crippen molar-refractivity contribution in [2.24, 2.45) is 0 Å². The number of aromatic nitrogens is 3. The molecule has 0 aliphatic carbocycles. The molecule has 2 heterocycles. The van der Waals surface area contributed by atoms with Crippen molar-refractivity contribution in [3.05, 3.63) is 117 Å². The average Bonchev–Trinajstić information content (AvgIpc) is 3.62. The summed E-state index contributed by atoms with van der Waals surface area (Å²) in [4.78, 5) is 59.9. The molecule has 2 aromatic heterocycles. The van der Waals surface area contributed by atoms with E-state index in [1.165, 1.54) is 10.6 Å². The zero-order chi connectivity index (χ0) is 45.2. The molecule has 0 aliphatic heterocycles. The van der Waals surface area contributed by atoms with E-state index in [2.05, 4.69) is 20.6 Å². The molecule has 0 spiro atoms. The van der Waals surface area contributed by atoms with E-state index in [1.54, 1.807) is 76.9 Å². The molecule has 0 unspecified atom stereocenters. The number of nitrogens with one attached hydrogen (secondary N) is 3. The number of carbonyl (C=O) groups excluding carboxylic acids is 3. The molecule has 62 heavy (non-hydrogen) atoms. The Labute approximate surface area is 365 Å². The van der Waals surface area contributed by atoms with Gasteiger partial charge in [0.15, 0.2) is 5.82 Å². The van der Waals surface area contributed by atoms with Crippen molar-refractivity contribution in [1.29, 1.82) is 0 Å². The summed E-state index contributed by atoms with van der Waals surface area (Å²) in [5.41, 5.74) is 1.60. The van der Waals surface area contributed by atoms with Crippen molar-refractivity contribution in [1.82, 2.24) is 30.1 Å². The first-order valence-corrected chi connectivity index (χ1v) is 20.9. The van der Waals surface area contributed by atoms with Crippen LogP contribution in [0.4, 0.5) is 23.2 Å². The number of rotatable bonds is 16. The van der Waals surface area contributed by atoms with Crippen LogP contribution in [0.25, 0.3) is 28.0 Å². The summed E-state index contributed by atoms with van der Waals surface area (Å²) in [6.07, 6.45) is 1.46. The number of alkyl halides is 1. The predicted octanol–water partition coefficient (Wildman–Crippen LogP) is 9.97. The number of amides is 3. The summed E-state index contributed by atoms with van der Waals surface area (Å²) in [5.74, 6) is -0.661. The highest BCUT2D eigenvalue weighted by Crippen LogP contribution is 2.32. The van der Waals surface area contributed by atoms with Crippen LogP contribution in [0, 0.1) is 5.82 Å². The molecule has 16 heteroatoms. The first-order valence-electron chi connectivity index (χ1n) is 20.5. The smallest absolute Gasteiger partial charge is 0.410 e. The van der Waals surface area contributed by atoms with E-state index in [9.17, 15) is 23.6 Å². The van der Waals surface area contributed by atoms with Gasteiger partial charge in [-0.05, 0) is 121 Å². The molecule has 0 saturated carbocycles. The zero-order valence-corrected chi connectivity index (χ0v) is 36.9. The van der Waals surface area contributed by atoms with E-state index >= 15 is 4.39 Å². The summed E-state index contributed by atoms with van der Waals surface area (Å²) < 4.78 is 46.9. The zero-order valence-electron chi connectivity index (χ0n) is 36.2. The number of fused-ring (bicyclic) bond motifs is 1. The fraction of sp³-hybridized carbons (Fsp3) is 0.413. The van der Waals surface area contributed by atoms with Crippen LogP contribution < -0.4 is 16.3 Å². The molecule has 5 aromatic rings. The molecule has 0 aliphatic rings. The van der Waals surface area contributed by atoms with Gasteiger partial charge in [0.1, 0.15) is 30.1 Å². The first kappa shape index (κ1) is 47.1. The van der Waals surface area contributed by atoms with Gasteiger partial charge in [0, 0.05) is 30.2 Å². The molecule has 0 saturated heterocycles. The predicted molar refractivity (Wildman–Crippen MR) is 235 cm³/mol. The van der Waals surface area contributed by atoms with Gasteiger partial charge in [0.25, 0.3) is 0 Å². The van der Waals surface area contributed by atoms with Gasteiger partial charge in [0.05, 0.1) is 28.5 Å². The van der Waals surface area contributed by atoms with Crippen LogP contribution >= 0.6 is 11.6 Å². The number of hydrogen-bond donors (Lipinski definition) is 3. The third kappa shape index (κ3) is 13.5. The summed E-state index contributed by atoms with van der Waals surface area (Å²) >= 11 is 6.34. The largest absolute Gasteiger partial charge is 0.445 e. The Balaban J connectivity index is 1.26. The Kier molecular flexibility index (Phi) is 15.8. The molecule has 3 N–H and O–H groups in total. The second-order valence-electron chi connectivity index (χ2n) is 17.0. The van der Waals surface area contributed by atoms with Crippen molar-refractivity contribution in [2.75, 3.05) is 19.8 Å². The number of alkyl carbamates (subject to hydrolysis) is 2. The van der Waals surface area contributed by atoms with Gasteiger partial charge < -0.3 is 34.7 Å². The fourth-order valence-corrected chi connectivity index (χ4v) is 6.83. The second kappa shape index (κ2) is 20.7. The normalized spacial score (nSPS) is 12.7. The highest BCUT2D eigenvalue weighted by Gasteiger charge is 2.27.